The Labute approximate surface area is 180 Å². The molecule has 0 saturated carbocycles. The van der Waals surface area contributed by atoms with Gasteiger partial charge in [0.15, 0.2) is 0 Å². The quantitative estimate of drug-likeness (QED) is 0.316. The molecule has 0 atom stereocenters. The van der Waals surface area contributed by atoms with Crippen molar-refractivity contribution >= 4 is 0 Å². The van der Waals surface area contributed by atoms with E-state index in [-0.39, 0.29) is 0 Å². The van der Waals surface area contributed by atoms with Crippen molar-refractivity contribution < 1.29 is 0 Å². The molecular weight excluding hydrogens is 362 g/mol. The Balaban J connectivity index is 1.44. The van der Waals surface area contributed by atoms with Gasteiger partial charge in [-0.3, -0.25) is 4.90 Å². The summed E-state index contributed by atoms with van der Waals surface area (Å²) in [5.74, 6) is 0. The van der Waals surface area contributed by atoms with Gasteiger partial charge in [-0.15, -0.1) is 0 Å². The lowest BCUT2D eigenvalue weighted by molar-refractivity contribution is 0.203. The molecular formula is C29H29N. The lowest BCUT2D eigenvalue weighted by atomic mass is 10.0. The van der Waals surface area contributed by atoms with Crippen molar-refractivity contribution in [2.24, 2.45) is 0 Å². The highest BCUT2D eigenvalue weighted by Crippen LogP contribution is 2.22. The first-order valence-corrected chi connectivity index (χ1v) is 10.7. The minimum absolute atomic E-state index is 0.479. The number of rotatable bonds is 7. The maximum absolute atomic E-state index is 2.52. The fraction of sp³-hybridized carbons (Fsp3) is 0.172. The van der Waals surface area contributed by atoms with E-state index in [1.807, 2.05) is 0 Å². The Morgan fingerprint density at radius 3 is 1.13 bits per heavy atom. The average Bonchev–Trinajstić information content (AvgIpc) is 2.81. The third-order valence-electron chi connectivity index (χ3n) is 5.62. The standard InChI is InChI=1S/C29H29N/c1-23(2)30(21-24-13-17-28(18-14-24)26-9-5-3-6-10-26)22-25-15-19-29(20-16-25)27-11-7-4-8-12-27/h3-20,23H,21-22H2,1-2H3. The van der Waals surface area contributed by atoms with E-state index in [0.717, 1.165) is 13.1 Å². The molecule has 0 aliphatic heterocycles. The maximum atomic E-state index is 2.52. The van der Waals surface area contributed by atoms with Crippen LogP contribution in [0.4, 0.5) is 0 Å². The Hall–Kier alpha value is -3.16. The molecule has 4 aromatic carbocycles. The van der Waals surface area contributed by atoms with Crippen LogP contribution in [0.2, 0.25) is 0 Å². The third kappa shape index (κ3) is 5.06. The van der Waals surface area contributed by atoms with Gasteiger partial charge in [0.25, 0.3) is 0 Å². The van der Waals surface area contributed by atoms with Gasteiger partial charge >= 0.3 is 0 Å². The number of benzene rings is 4. The van der Waals surface area contributed by atoms with E-state index in [9.17, 15) is 0 Å². The highest BCUT2D eigenvalue weighted by Gasteiger charge is 2.11. The molecule has 0 fully saturated rings. The Morgan fingerprint density at radius 1 is 0.467 bits per heavy atom. The first kappa shape index (κ1) is 20.1. The molecule has 0 radical (unpaired) electrons. The van der Waals surface area contributed by atoms with Gasteiger partial charge < -0.3 is 0 Å². The van der Waals surface area contributed by atoms with Crippen LogP contribution in [0.15, 0.2) is 109 Å². The van der Waals surface area contributed by atoms with Crippen LogP contribution in [0.5, 0.6) is 0 Å². The minimum Gasteiger partial charge on any atom is -0.292 e. The van der Waals surface area contributed by atoms with Gasteiger partial charge in [-0.1, -0.05) is 109 Å². The molecule has 0 unspecified atom stereocenters. The van der Waals surface area contributed by atoms with Gasteiger partial charge in [0, 0.05) is 19.1 Å². The lowest BCUT2D eigenvalue weighted by Crippen LogP contribution is -2.29. The second kappa shape index (κ2) is 9.56. The SMILES string of the molecule is CC(C)N(Cc1ccc(-c2ccccc2)cc1)Cc1ccc(-c2ccccc2)cc1. The summed E-state index contributed by atoms with van der Waals surface area (Å²) in [7, 11) is 0. The van der Waals surface area contributed by atoms with Crippen LogP contribution in [0.1, 0.15) is 25.0 Å². The average molecular weight is 392 g/mol. The number of hydrogen-bond donors (Lipinski definition) is 0. The summed E-state index contributed by atoms with van der Waals surface area (Å²) in [5.41, 5.74) is 7.78. The molecule has 0 N–H and O–H groups in total. The molecule has 1 heteroatoms. The molecule has 0 aliphatic rings. The fourth-order valence-electron chi connectivity index (χ4n) is 3.76. The van der Waals surface area contributed by atoms with Crippen molar-refractivity contribution in [3.05, 3.63) is 120 Å². The Bertz CT molecular complexity index is 948. The van der Waals surface area contributed by atoms with Gasteiger partial charge in [0.1, 0.15) is 0 Å². The van der Waals surface area contributed by atoms with Crippen LogP contribution in [0.25, 0.3) is 22.3 Å². The Kier molecular flexibility index (Phi) is 6.41. The van der Waals surface area contributed by atoms with E-state index in [0.29, 0.717) is 6.04 Å². The molecule has 0 bridgehead atoms. The van der Waals surface area contributed by atoms with E-state index >= 15 is 0 Å². The van der Waals surface area contributed by atoms with Crippen LogP contribution < -0.4 is 0 Å². The van der Waals surface area contributed by atoms with E-state index < -0.39 is 0 Å². The number of hydrogen-bond acceptors (Lipinski definition) is 1. The van der Waals surface area contributed by atoms with Gasteiger partial charge in [0.05, 0.1) is 0 Å². The highest BCUT2D eigenvalue weighted by atomic mass is 15.1. The molecule has 0 spiro atoms. The van der Waals surface area contributed by atoms with Crippen LogP contribution in [0.3, 0.4) is 0 Å². The predicted octanol–water partition coefficient (Wildman–Crippen LogP) is 7.43. The van der Waals surface area contributed by atoms with Gasteiger partial charge in [-0.05, 0) is 47.2 Å². The zero-order valence-electron chi connectivity index (χ0n) is 17.8. The molecule has 4 aromatic rings. The molecule has 30 heavy (non-hydrogen) atoms. The normalized spacial score (nSPS) is 11.2. The minimum atomic E-state index is 0.479. The zero-order valence-corrected chi connectivity index (χ0v) is 17.8. The van der Waals surface area contributed by atoms with Crippen molar-refractivity contribution in [2.45, 2.75) is 33.0 Å². The van der Waals surface area contributed by atoms with Crippen molar-refractivity contribution in [1.82, 2.24) is 4.90 Å². The first-order valence-electron chi connectivity index (χ1n) is 10.7. The second-order valence-electron chi connectivity index (χ2n) is 8.12. The molecule has 1 nitrogen and oxygen atoms in total. The molecule has 0 amide bonds. The van der Waals surface area contributed by atoms with Crippen LogP contribution >= 0.6 is 0 Å². The van der Waals surface area contributed by atoms with E-state index in [2.05, 4.69) is 128 Å². The summed E-state index contributed by atoms with van der Waals surface area (Å²) in [6, 6.07) is 39.6. The molecule has 0 saturated heterocycles. The molecule has 4 rings (SSSR count). The van der Waals surface area contributed by atoms with Gasteiger partial charge in [-0.2, -0.15) is 0 Å². The summed E-state index contributed by atoms with van der Waals surface area (Å²) >= 11 is 0. The smallest absolute Gasteiger partial charge is 0.0239 e. The molecule has 0 heterocycles. The second-order valence-corrected chi connectivity index (χ2v) is 8.12. The number of nitrogens with zero attached hydrogens (tertiary/aromatic N) is 1. The molecule has 0 aliphatic carbocycles. The van der Waals surface area contributed by atoms with Crippen molar-refractivity contribution in [2.75, 3.05) is 0 Å². The van der Waals surface area contributed by atoms with Crippen LogP contribution in [-0.4, -0.2) is 10.9 Å². The lowest BCUT2D eigenvalue weighted by Gasteiger charge is -2.27. The van der Waals surface area contributed by atoms with E-state index in [1.54, 1.807) is 0 Å². The Morgan fingerprint density at radius 2 is 0.800 bits per heavy atom. The van der Waals surface area contributed by atoms with E-state index in [1.165, 1.54) is 33.4 Å². The van der Waals surface area contributed by atoms with Crippen molar-refractivity contribution in [3.8, 4) is 22.3 Å². The summed E-state index contributed by atoms with van der Waals surface area (Å²) in [5, 5.41) is 0. The van der Waals surface area contributed by atoms with E-state index in [4.69, 9.17) is 0 Å². The van der Waals surface area contributed by atoms with Crippen molar-refractivity contribution in [1.29, 1.82) is 0 Å². The summed E-state index contributed by atoms with van der Waals surface area (Å²) < 4.78 is 0. The summed E-state index contributed by atoms with van der Waals surface area (Å²) in [4.78, 5) is 2.52. The molecule has 0 aromatic heterocycles. The van der Waals surface area contributed by atoms with Crippen LogP contribution in [-0.2, 0) is 13.1 Å². The molecule has 150 valence electrons. The summed E-state index contributed by atoms with van der Waals surface area (Å²) in [6.07, 6.45) is 0. The summed E-state index contributed by atoms with van der Waals surface area (Å²) in [6.45, 7) is 6.45. The van der Waals surface area contributed by atoms with Crippen molar-refractivity contribution in [3.63, 3.8) is 0 Å². The largest absolute Gasteiger partial charge is 0.292 e. The topological polar surface area (TPSA) is 3.24 Å². The maximum Gasteiger partial charge on any atom is 0.0239 e. The van der Waals surface area contributed by atoms with Gasteiger partial charge in [-0.25, -0.2) is 0 Å². The predicted molar refractivity (Wildman–Crippen MR) is 128 cm³/mol. The van der Waals surface area contributed by atoms with Crippen LogP contribution in [0, 0.1) is 0 Å². The highest BCUT2D eigenvalue weighted by molar-refractivity contribution is 5.64. The van der Waals surface area contributed by atoms with Gasteiger partial charge in [0.2, 0.25) is 0 Å². The fourth-order valence-corrected chi connectivity index (χ4v) is 3.76. The zero-order chi connectivity index (χ0) is 20.8. The first-order chi connectivity index (χ1) is 14.7. The third-order valence-corrected chi connectivity index (χ3v) is 5.62. The monoisotopic (exact) mass is 391 g/mol.